The molecule has 0 aliphatic rings. The van der Waals surface area contributed by atoms with Crippen molar-refractivity contribution >= 4 is 28.8 Å². The zero-order valence-corrected chi connectivity index (χ0v) is 8.85. The summed E-state index contributed by atoms with van der Waals surface area (Å²) >= 11 is 7.53. The Morgan fingerprint density at radius 2 is 2.29 bits per heavy atom. The molecule has 0 aromatic carbocycles. The Bertz CT molecular complexity index is 402. The molecule has 0 bridgehead atoms. The van der Waals surface area contributed by atoms with Crippen LogP contribution in [0.1, 0.15) is 5.01 Å². The molecule has 2 rings (SSSR count). The second kappa shape index (κ2) is 4.39. The van der Waals surface area contributed by atoms with E-state index in [0.717, 1.165) is 5.01 Å². The van der Waals surface area contributed by atoms with Crippen LogP contribution in [0.2, 0.25) is 5.02 Å². The van der Waals surface area contributed by atoms with E-state index in [-0.39, 0.29) is 0 Å². The van der Waals surface area contributed by atoms with Gasteiger partial charge in [-0.15, -0.1) is 11.3 Å². The maximum Gasteiger partial charge on any atom is 0.145 e. The minimum absolute atomic E-state index is 0.629. The number of nitrogens with zero attached hydrogens (tertiary/aromatic N) is 2. The van der Waals surface area contributed by atoms with E-state index in [9.17, 15) is 0 Å². The van der Waals surface area contributed by atoms with Gasteiger partial charge in [-0.3, -0.25) is 0 Å². The predicted octanol–water partition coefficient (Wildman–Crippen LogP) is 2.80. The standard InChI is InChI=1S/C9H8ClN3S/c10-7-2-1-3-12-9(7)13-6-8-11-4-5-14-8/h1-5H,6H2,(H,12,13). The van der Waals surface area contributed by atoms with Gasteiger partial charge < -0.3 is 5.32 Å². The summed E-state index contributed by atoms with van der Waals surface area (Å²) in [6.07, 6.45) is 3.48. The highest BCUT2D eigenvalue weighted by Crippen LogP contribution is 2.18. The average Bonchev–Trinajstić information content (AvgIpc) is 2.69. The number of aromatic nitrogens is 2. The second-order valence-electron chi connectivity index (χ2n) is 2.61. The lowest BCUT2D eigenvalue weighted by Gasteiger charge is -2.03. The maximum atomic E-state index is 5.92. The number of anilines is 1. The molecule has 14 heavy (non-hydrogen) atoms. The fourth-order valence-electron chi connectivity index (χ4n) is 1.02. The van der Waals surface area contributed by atoms with E-state index in [0.29, 0.717) is 17.4 Å². The molecule has 0 aliphatic carbocycles. The summed E-state index contributed by atoms with van der Waals surface area (Å²) < 4.78 is 0. The fraction of sp³-hybridized carbons (Fsp3) is 0.111. The summed E-state index contributed by atoms with van der Waals surface area (Å²) in [5.41, 5.74) is 0. The van der Waals surface area contributed by atoms with Crippen LogP contribution in [0.3, 0.4) is 0 Å². The van der Waals surface area contributed by atoms with Crippen molar-refractivity contribution in [3.8, 4) is 0 Å². The summed E-state index contributed by atoms with van der Waals surface area (Å²) in [5, 5.41) is 6.71. The molecular weight excluding hydrogens is 218 g/mol. The van der Waals surface area contributed by atoms with Crippen molar-refractivity contribution < 1.29 is 0 Å². The number of halogens is 1. The SMILES string of the molecule is Clc1cccnc1NCc1nccs1. The molecule has 0 saturated carbocycles. The van der Waals surface area contributed by atoms with Crippen LogP contribution >= 0.6 is 22.9 Å². The molecule has 2 heterocycles. The number of hydrogen-bond donors (Lipinski definition) is 1. The number of rotatable bonds is 3. The van der Waals surface area contributed by atoms with E-state index in [1.165, 1.54) is 0 Å². The molecule has 0 radical (unpaired) electrons. The van der Waals surface area contributed by atoms with Gasteiger partial charge in [-0.25, -0.2) is 9.97 Å². The Kier molecular flexibility index (Phi) is 2.96. The first-order valence-corrected chi connectivity index (χ1v) is 5.35. The van der Waals surface area contributed by atoms with Crippen LogP contribution in [-0.4, -0.2) is 9.97 Å². The normalized spacial score (nSPS) is 10.1. The zero-order valence-electron chi connectivity index (χ0n) is 7.27. The van der Waals surface area contributed by atoms with Crippen molar-refractivity contribution in [2.45, 2.75) is 6.54 Å². The van der Waals surface area contributed by atoms with Crippen LogP contribution in [0.15, 0.2) is 29.9 Å². The van der Waals surface area contributed by atoms with Gasteiger partial charge in [-0.05, 0) is 12.1 Å². The zero-order chi connectivity index (χ0) is 9.80. The molecule has 1 N–H and O–H groups in total. The van der Waals surface area contributed by atoms with Crippen molar-refractivity contribution in [3.63, 3.8) is 0 Å². The van der Waals surface area contributed by atoms with Gasteiger partial charge in [0.25, 0.3) is 0 Å². The number of thiazole rings is 1. The summed E-state index contributed by atoms with van der Waals surface area (Å²) in [7, 11) is 0. The number of hydrogen-bond acceptors (Lipinski definition) is 4. The lowest BCUT2D eigenvalue weighted by molar-refractivity contribution is 1.08. The minimum atomic E-state index is 0.629. The molecular formula is C9H8ClN3S. The number of pyridine rings is 1. The van der Waals surface area contributed by atoms with Gasteiger partial charge >= 0.3 is 0 Å². The Labute approximate surface area is 90.8 Å². The van der Waals surface area contributed by atoms with Gasteiger partial charge in [0, 0.05) is 17.8 Å². The van der Waals surface area contributed by atoms with Crippen molar-refractivity contribution in [2.24, 2.45) is 0 Å². The molecule has 0 unspecified atom stereocenters. The first-order chi connectivity index (χ1) is 6.86. The van der Waals surface area contributed by atoms with E-state index < -0.39 is 0 Å². The lowest BCUT2D eigenvalue weighted by Crippen LogP contribution is -2.00. The molecule has 2 aromatic rings. The van der Waals surface area contributed by atoms with Crippen LogP contribution in [0, 0.1) is 0 Å². The van der Waals surface area contributed by atoms with Crippen LogP contribution in [0.5, 0.6) is 0 Å². The third-order valence-electron chi connectivity index (χ3n) is 1.65. The third-order valence-corrected chi connectivity index (χ3v) is 2.73. The smallest absolute Gasteiger partial charge is 0.145 e. The van der Waals surface area contributed by atoms with E-state index >= 15 is 0 Å². The molecule has 0 fully saturated rings. The molecule has 0 amide bonds. The van der Waals surface area contributed by atoms with Crippen LogP contribution in [0.25, 0.3) is 0 Å². The maximum absolute atomic E-state index is 5.92. The molecule has 3 nitrogen and oxygen atoms in total. The van der Waals surface area contributed by atoms with Crippen LogP contribution in [0.4, 0.5) is 5.82 Å². The van der Waals surface area contributed by atoms with Crippen molar-refractivity contribution in [1.82, 2.24) is 9.97 Å². The van der Waals surface area contributed by atoms with Crippen LogP contribution < -0.4 is 5.32 Å². The van der Waals surface area contributed by atoms with Crippen molar-refractivity contribution in [1.29, 1.82) is 0 Å². The number of nitrogens with one attached hydrogen (secondary N) is 1. The molecule has 0 spiro atoms. The molecule has 0 atom stereocenters. The van der Waals surface area contributed by atoms with Gasteiger partial charge in [-0.2, -0.15) is 0 Å². The topological polar surface area (TPSA) is 37.8 Å². The highest BCUT2D eigenvalue weighted by Gasteiger charge is 2.00. The summed E-state index contributed by atoms with van der Waals surface area (Å²) in [5.74, 6) is 0.698. The average molecular weight is 226 g/mol. The largest absolute Gasteiger partial charge is 0.362 e. The van der Waals surface area contributed by atoms with E-state index in [4.69, 9.17) is 11.6 Å². The van der Waals surface area contributed by atoms with E-state index in [2.05, 4.69) is 15.3 Å². The van der Waals surface area contributed by atoms with Gasteiger partial charge in [0.2, 0.25) is 0 Å². The molecule has 0 saturated heterocycles. The fourth-order valence-corrected chi connectivity index (χ4v) is 1.76. The first kappa shape index (κ1) is 9.43. The highest BCUT2D eigenvalue weighted by atomic mass is 35.5. The summed E-state index contributed by atoms with van der Waals surface area (Å²) in [6.45, 7) is 0.661. The molecule has 72 valence electrons. The highest BCUT2D eigenvalue weighted by molar-refractivity contribution is 7.09. The third kappa shape index (κ3) is 2.21. The summed E-state index contributed by atoms with van der Waals surface area (Å²) in [4.78, 5) is 8.26. The lowest BCUT2D eigenvalue weighted by atomic mass is 10.4. The second-order valence-corrected chi connectivity index (χ2v) is 4.00. The minimum Gasteiger partial charge on any atom is -0.362 e. The van der Waals surface area contributed by atoms with Crippen molar-refractivity contribution in [3.05, 3.63) is 39.9 Å². The summed E-state index contributed by atoms with van der Waals surface area (Å²) in [6, 6.07) is 3.61. The molecule has 0 aliphatic heterocycles. The quantitative estimate of drug-likeness (QED) is 0.873. The van der Waals surface area contributed by atoms with Gasteiger partial charge in [0.15, 0.2) is 0 Å². The Hall–Kier alpha value is -1.13. The molecule has 5 heteroatoms. The Morgan fingerprint density at radius 1 is 1.36 bits per heavy atom. The van der Waals surface area contributed by atoms with Gasteiger partial charge in [-0.1, -0.05) is 11.6 Å². The first-order valence-electron chi connectivity index (χ1n) is 4.09. The molecule has 2 aromatic heterocycles. The Morgan fingerprint density at radius 3 is 3.00 bits per heavy atom. The monoisotopic (exact) mass is 225 g/mol. The van der Waals surface area contributed by atoms with Crippen molar-refractivity contribution in [2.75, 3.05) is 5.32 Å². The van der Waals surface area contributed by atoms with E-state index in [1.54, 1.807) is 35.9 Å². The Balaban J connectivity index is 2.02. The van der Waals surface area contributed by atoms with E-state index in [1.807, 2.05) is 5.38 Å². The van der Waals surface area contributed by atoms with Gasteiger partial charge in [0.1, 0.15) is 10.8 Å². The van der Waals surface area contributed by atoms with Crippen LogP contribution in [-0.2, 0) is 6.54 Å². The van der Waals surface area contributed by atoms with Gasteiger partial charge in [0.05, 0.1) is 11.6 Å². The predicted molar refractivity (Wildman–Crippen MR) is 58.7 cm³/mol.